The minimum atomic E-state index is -0.0924. The third-order valence-corrected chi connectivity index (χ3v) is 11.0. The molecule has 0 bridgehead atoms. The van der Waals surface area contributed by atoms with E-state index in [1.54, 1.807) is 0 Å². The van der Waals surface area contributed by atoms with Crippen molar-refractivity contribution in [2.24, 2.45) is 0 Å². The SMILES string of the molecule is CC1(C)c2ccccc2-c2ccc(N(c3ccc(-c4cccc(-c5ccccc5)c4)cc3)c3ccc4c5c(cccc35)-c3ccccc3-4)cc21. The van der Waals surface area contributed by atoms with Crippen LogP contribution >= 0.6 is 0 Å². The van der Waals surface area contributed by atoms with Gasteiger partial charge in [-0.1, -0.05) is 153 Å². The fourth-order valence-corrected chi connectivity index (χ4v) is 8.56. The lowest BCUT2D eigenvalue weighted by atomic mass is 9.82. The quantitative estimate of drug-likeness (QED) is 0.181. The van der Waals surface area contributed by atoms with Crippen molar-refractivity contribution >= 4 is 27.8 Å². The molecule has 0 radical (unpaired) electrons. The van der Waals surface area contributed by atoms with E-state index in [1.807, 2.05) is 0 Å². The van der Waals surface area contributed by atoms with E-state index in [0.717, 1.165) is 5.69 Å². The smallest absolute Gasteiger partial charge is 0.0540 e. The maximum atomic E-state index is 2.47. The van der Waals surface area contributed by atoms with Crippen LogP contribution in [-0.4, -0.2) is 0 Å². The number of hydrogen-bond donors (Lipinski definition) is 0. The molecule has 1 nitrogen and oxygen atoms in total. The van der Waals surface area contributed by atoms with Gasteiger partial charge >= 0.3 is 0 Å². The molecule has 1 heteroatoms. The molecule has 0 heterocycles. The van der Waals surface area contributed by atoms with Crippen LogP contribution in [0.4, 0.5) is 17.1 Å². The van der Waals surface area contributed by atoms with E-state index in [-0.39, 0.29) is 5.41 Å². The summed E-state index contributed by atoms with van der Waals surface area (Å²) in [6.07, 6.45) is 0. The molecule has 0 unspecified atom stereocenters. The van der Waals surface area contributed by atoms with Crippen LogP contribution in [0.5, 0.6) is 0 Å². The number of fused-ring (bicyclic) bond motifs is 6. The Morgan fingerprint density at radius 2 is 0.900 bits per heavy atom. The Hall–Kier alpha value is -6.18. The normalized spacial score (nSPS) is 13.2. The van der Waals surface area contributed by atoms with E-state index >= 15 is 0 Å². The first kappa shape index (κ1) is 28.8. The molecule has 0 amide bonds. The van der Waals surface area contributed by atoms with Gasteiger partial charge in [-0.25, -0.2) is 0 Å². The third-order valence-electron chi connectivity index (χ3n) is 11.0. The van der Waals surface area contributed by atoms with Gasteiger partial charge in [-0.05, 0) is 109 Å². The maximum Gasteiger partial charge on any atom is 0.0540 e. The van der Waals surface area contributed by atoms with Gasteiger partial charge in [0.1, 0.15) is 0 Å². The molecule has 8 aromatic carbocycles. The highest BCUT2D eigenvalue weighted by Gasteiger charge is 2.36. The van der Waals surface area contributed by atoms with Crippen LogP contribution in [0, 0.1) is 0 Å². The van der Waals surface area contributed by atoms with Crippen LogP contribution in [0.15, 0.2) is 176 Å². The summed E-state index contributed by atoms with van der Waals surface area (Å²) in [5, 5.41) is 2.60. The third kappa shape index (κ3) is 4.27. The molecular formula is C49H35N. The zero-order valence-corrected chi connectivity index (χ0v) is 28.2. The van der Waals surface area contributed by atoms with Crippen LogP contribution < -0.4 is 4.90 Å². The van der Waals surface area contributed by atoms with Crippen molar-refractivity contribution < 1.29 is 0 Å². The number of nitrogens with zero attached hydrogens (tertiary/aromatic N) is 1. The van der Waals surface area contributed by atoms with Gasteiger partial charge in [0.05, 0.1) is 5.69 Å². The predicted molar refractivity (Wildman–Crippen MR) is 211 cm³/mol. The standard InChI is InChI=1S/C49H35N/c1-49(2)45-21-9-8-18-40(45)41-27-26-37(31-46(41)49)50(47-29-28-43-39-17-7-6-16-38(39)42-19-11-20-44(47)48(42)43)36-24-22-33(23-25-36)35-15-10-14-34(30-35)32-12-4-3-5-13-32/h3-31H,1-2H3. The molecule has 0 saturated carbocycles. The first-order valence-corrected chi connectivity index (χ1v) is 17.5. The summed E-state index contributed by atoms with van der Waals surface area (Å²) in [6, 6.07) is 64.8. The monoisotopic (exact) mass is 637 g/mol. The largest absolute Gasteiger partial charge is 0.310 e. The van der Waals surface area contributed by atoms with Gasteiger partial charge in [0, 0.05) is 22.2 Å². The number of anilines is 3. The van der Waals surface area contributed by atoms with Crippen LogP contribution in [0.2, 0.25) is 0 Å². The Balaban J connectivity index is 1.14. The van der Waals surface area contributed by atoms with Crippen LogP contribution in [-0.2, 0) is 5.41 Å². The highest BCUT2D eigenvalue weighted by atomic mass is 15.1. The first-order chi connectivity index (χ1) is 24.6. The van der Waals surface area contributed by atoms with E-state index in [2.05, 4.69) is 195 Å². The molecule has 0 atom stereocenters. The molecule has 0 fully saturated rings. The van der Waals surface area contributed by atoms with Crippen molar-refractivity contribution in [1.82, 2.24) is 0 Å². The molecule has 2 aliphatic rings. The Kier molecular flexibility index (Phi) is 6.29. The molecule has 0 spiro atoms. The van der Waals surface area contributed by atoms with Crippen molar-refractivity contribution in [2.45, 2.75) is 19.3 Å². The maximum absolute atomic E-state index is 2.47. The lowest BCUT2D eigenvalue weighted by molar-refractivity contribution is 0.660. The van der Waals surface area contributed by atoms with Gasteiger partial charge < -0.3 is 4.90 Å². The highest BCUT2D eigenvalue weighted by Crippen LogP contribution is 2.53. The molecule has 8 aromatic rings. The van der Waals surface area contributed by atoms with Gasteiger partial charge in [-0.15, -0.1) is 0 Å². The highest BCUT2D eigenvalue weighted by molar-refractivity contribution is 6.19. The number of hydrogen-bond acceptors (Lipinski definition) is 1. The Bertz CT molecular complexity index is 2580. The van der Waals surface area contributed by atoms with E-state index < -0.39 is 0 Å². The lowest BCUT2D eigenvalue weighted by Crippen LogP contribution is -2.16. The molecular weight excluding hydrogens is 603 g/mol. The first-order valence-electron chi connectivity index (χ1n) is 17.5. The molecule has 50 heavy (non-hydrogen) atoms. The van der Waals surface area contributed by atoms with Gasteiger partial charge in [-0.3, -0.25) is 0 Å². The molecule has 2 aliphatic carbocycles. The second-order valence-electron chi connectivity index (χ2n) is 14.1. The summed E-state index contributed by atoms with van der Waals surface area (Å²) >= 11 is 0. The van der Waals surface area contributed by atoms with Gasteiger partial charge in [0.2, 0.25) is 0 Å². The topological polar surface area (TPSA) is 3.24 Å². The van der Waals surface area contributed by atoms with Gasteiger partial charge in [0.25, 0.3) is 0 Å². The van der Waals surface area contributed by atoms with Crippen LogP contribution in [0.3, 0.4) is 0 Å². The van der Waals surface area contributed by atoms with E-state index in [4.69, 9.17) is 0 Å². The van der Waals surface area contributed by atoms with Crippen molar-refractivity contribution in [3.63, 3.8) is 0 Å². The average molecular weight is 638 g/mol. The zero-order chi connectivity index (χ0) is 33.4. The van der Waals surface area contributed by atoms with E-state index in [9.17, 15) is 0 Å². The van der Waals surface area contributed by atoms with Crippen LogP contribution in [0.1, 0.15) is 25.0 Å². The van der Waals surface area contributed by atoms with Gasteiger partial charge in [-0.2, -0.15) is 0 Å². The van der Waals surface area contributed by atoms with E-state index in [1.165, 1.54) is 88.9 Å². The van der Waals surface area contributed by atoms with Crippen molar-refractivity contribution in [2.75, 3.05) is 4.90 Å². The van der Waals surface area contributed by atoms with Crippen molar-refractivity contribution in [3.8, 4) is 55.6 Å². The Morgan fingerprint density at radius 1 is 0.360 bits per heavy atom. The molecule has 0 aliphatic heterocycles. The molecule has 10 rings (SSSR count). The summed E-state index contributed by atoms with van der Waals surface area (Å²) in [6.45, 7) is 4.72. The second-order valence-corrected chi connectivity index (χ2v) is 14.1. The predicted octanol–water partition coefficient (Wildman–Crippen LogP) is 13.6. The van der Waals surface area contributed by atoms with Crippen LogP contribution in [0.25, 0.3) is 66.4 Å². The fraction of sp³-hybridized carbons (Fsp3) is 0.0612. The summed E-state index contributed by atoms with van der Waals surface area (Å²) in [5.41, 5.74) is 19.0. The van der Waals surface area contributed by atoms with Crippen molar-refractivity contribution in [3.05, 3.63) is 187 Å². The molecule has 236 valence electrons. The summed E-state index contributed by atoms with van der Waals surface area (Å²) < 4.78 is 0. The lowest BCUT2D eigenvalue weighted by Gasteiger charge is -2.29. The minimum Gasteiger partial charge on any atom is -0.310 e. The number of benzene rings is 8. The van der Waals surface area contributed by atoms with Gasteiger partial charge in [0.15, 0.2) is 0 Å². The molecule has 0 saturated heterocycles. The van der Waals surface area contributed by atoms with E-state index in [0.29, 0.717) is 0 Å². The second kappa shape index (κ2) is 10.9. The Labute approximate surface area is 293 Å². The fourth-order valence-electron chi connectivity index (χ4n) is 8.56. The zero-order valence-electron chi connectivity index (χ0n) is 28.2. The molecule has 0 aromatic heterocycles. The summed E-state index contributed by atoms with van der Waals surface area (Å²) in [7, 11) is 0. The minimum absolute atomic E-state index is 0.0924. The average Bonchev–Trinajstić information content (AvgIpc) is 3.62. The number of rotatable bonds is 5. The summed E-state index contributed by atoms with van der Waals surface area (Å²) in [4.78, 5) is 2.47. The Morgan fingerprint density at radius 3 is 1.66 bits per heavy atom. The molecule has 0 N–H and O–H groups in total. The summed E-state index contributed by atoms with van der Waals surface area (Å²) in [5.74, 6) is 0. The van der Waals surface area contributed by atoms with Crippen molar-refractivity contribution in [1.29, 1.82) is 0 Å².